The summed E-state index contributed by atoms with van der Waals surface area (Å²) >= 11 is 2.78. The number of thiophene rings is 1. The summed E-state index contributed by atoms with van der Waals surface area (Å²) in [6.07, 6.45) is 0. The standard InChI is InChI=1S/C22H23N3O4S2/c1-13(2)10-23-20(27)16-6-4-5-7-17(16)25-18(26)11-29-22(28)19-14(3)24-21(31-19)15-8-9-30-12-15/h4-9,12-13H,10-11H2,1-3H3,(H,23,27)(H,25,26). The number of amides is 2. The summed E-state index contributed by atoms with van der Waals surface area (Å²) in [6.45, 7) is 5.79. The van der Waals surface area contributed by atoms with Crippen LogP contribution in [0.3, 0.4) is 0 Å². The Morgan fingerprint density at radius 2 is 1.94 bits per heavy atom. The number of nitrogens with one attached hydrogen (secondary N) is 2. The van der Waals surface area contributed by atoms with E-state index in [9.17, 15) is 14.4 Å². The number of carbonyl (C=O) groups is 3. The van der Waals surface area contributed by atoms with Gasteiger partial charge in [0.05, 0.1) is 16.9 Å². The quantitative estimate of drug-likeness (QED) is 0.490. The molecule has 3 rings (SSSR count). The van der Waals surface area contributed by atoms with Crippen molar-refractivity contribution in [1.82, 2.24) is 10.3 Å². The van der Waals surface area contributed by atoms with Crippen LogP contribution in [0.25, 0.3) is 10.6 Å². The van der Waals surface area contributed by atoms with Gasteiger partial charge in [-0.15, -0.1) is 11.3 Å². The maximum absolute atomic E-state index is 12.4. The average Bonchev–Trinajstić information content (AvgIpc) is 3.40. The number of aryl methyl sites for hydroxylation is 1. The highest BCUT2D eigenvalue weighted by Crippen LogP contribution is 2.29. The van der Waals surface area contributed by atoms with Crippen molar-refractivity contribution in [3.63, 3.8) is 0 Å². The van der Waals surface area contributed by atoms with E-state index >= 15 is 0 Å². The number of anilines is 1. The lowest BCUT2D eigenvalue weighted by Gasteiger charge is -2.12. The van der Waals surface area contributed by atoms with Crippen molar-refractivity contribution >= 4 is 46.1 Å². The summed E-state index contributed by atoms with van der Waals surface area (Å²) in [7, 11) is 0. The lowest BCUT2D eigenvalue weighted by atomic mass is 10.1. The zero-order valence-electron chi connectivity index (χ0n) is 17.4. The predicted octanol–water partition coefficient (Wildman–Crippen LogP) is 4.36. The summed E-state index contributed by atoms with van der Waals surface area (Å²) in [5, 5.41) is 10.1. The first-order valence-electron chi connectivity index (χ1n) is 9.69. The predicted molar refractivity (Wildman–Crippen MR) is 123 cm³/mol. The van der Waals surface area contributed by atoms with Crippen molar-refractivity contribution in [2.75, 3.05) is 18.5 Å². The van der Waals surface area contributed by atoms with Crippen LogP contribution in [0, 0.1) is 12.8 Å². The third kappa shape index (κ3) is 5.99. The molecule has 0 fully saturated rings. The van der Waals surface area contributed by atoms with Crippen LogP contribution in [-0.2, 0) is 9.53 Å². The monoisotopic (exact) mass is 457 g/mol. The number of para-hydroxylation sites is 1. The van der Waals surface area contributed by atoms with Crippen molar-refractivity contribution in [2.45, 2.75) is 20.8 Å². The molecule has 0 aliphatic rings. The normalized spacial score (nSPS) is 10.7. The topological polar surface area (TPSA) is 97.4 Å². The van der Waals surface area contributed by atoms with Gasteiger partial charge in [-0.25, -0.2) is 9.78 Å². The van der Waals surface area contributed by atoms with E-state index in [0.717, 1.165) is 10.6 Å². The van der Waals surface area contributed by atoms with Crippen LogP contribution in [0.2, 0.25) is 0 Å². The Morgan fingerprint density at radius 3 is 2.65 bits per heavy atom. The molecule has 2 amide bonds. The molecule has 0 bridgehead atoms. The van der Waals surface area contributed by atoms with E-state index in [0.29, 0.717) is 34.3 Å². The van der Waals surface area contributed by atoms with Crippen molar-refractivity contribution in [3.8, 4) is 10.6 Å². The third-order valence-corrected chi connectivity index (χ3v) is 6.07. The smallest absolute Gasteiger partial charge is 0.350 e. The minimum absolute atomic E-state index is 0.275. The molecule has 2 N–H and O–H groups in total. The summed E-state index contributed by atoms with van der Waals surface area (Å²) in [5.41, 5.74) is 2.21. The van der Waals surface area contributed by atoms with E-state index in [1.807, 2.05) is 30.7 Å². The van der Waals surface area contributed by atoms with E-state index in [1.54, 1.807) is 42.5 Å². The Kier molecular flexibility index (Phi) is 7.54. The number of hydrogen-bond donors (Lipinski definition) is 2. The summed E-state index contributed by atoms with van der Waals surface area (Å²) < 4.78 is 5.17. The van der Waals surface area contributed by atoms with E-state index in [-0.39, 0.29) is 5.91 Å². The van der Waals surface area contributed by atoms with Crippen LogP contribution in [0.4, 0.5) is 5.69 Å². The van der Waals surface area contributed by atoms with Gasteiger partial charge in [0.1, 0.15) is 9.88 Å². The van der Waals surface area contributed by atoms with Crippen LogP contribution < -0.4 is 10.6 Å². The van der Waals surface area contributed by atoms with Crippen LogP contribution >= 0.6 is 22.7 Å². The van der Waals surface area contributed by atoms with Gasteiger partial charge < -0.3 is 15.4 Å². The Morgan fingerprint density at radius 1 is 1.16 bits per heavy atom. The lowest BCUT2D eigenvalue weighted by molar-refractivity contribution is -0.119. The number of thiazole rings is 1. The van der Waals surface area contributed by atoms with Crippen LogP contribution in [0.15, 0.2) is 41.1 Å². The molecular weight excluding hydrogens is 434 g/mol. The van der Waals surface area contributed by atoms with E-state index < -0.39 is 18.5 Å². The molecule has 0 aliphatic heterocycles. The number of aromatic nitrogens is 1. The van der Waals surface area contributed by atoms with Gasteiger partial charge in [0.25, 0.3) is 11.8 Å². The SMILES string of the molecule is Cc1nc(-c2ccsc2)sc1C(=O)OCC(=O)Nc1ccccc1C(=O)NCC(C)C. The molecule has 2 heterocycles. The van der Waals surface area contributed by atoms with Gasteiger partial charge >= 0.3 is 5.97 Å². The molecule has 1 aromatic carbocycles. The van der Waals surface area contributed by atoms with Gasteiger partial charge in [-0.3, -0.25) is 9.59 Å². The fourth-order valence-electron chi connectivity index (χ4n) is 2.66. The van der Waals surface area contributed by atoms with Gasteiger partial charge in [0.2, 0.25) is 0 Å². The van der Waals surface area contributed by atoms with Crippen molar-refractivity contribution in [1.29, 1.82) is 0 Å². The van der Waals surface area contributed by atoms with Crippen molar-refractivity contribution in [3.05, 3.63) is 57.2 Å². The Balaban J connectivity index is 1.60. The zero-order chi connectivity index (χ0) is 22.4. The minimum atomic E-state index is -0.602. The van der Waals surface area contributed by atoms with E-state index in [1.165, 1.54) is 11.3 Å². The summed E-state index contributed by atoms with van der Waals surface area (Å²) in [6, 6.07) is 8.62. The Bertz CT molecular complexity index is 1070. The Hall–Kier alpha value is -3.04. The average molecular weight is 458 g/mol. The molecule has 162 valence electrons. The third-order valence-electron chi connectivity index (χ3n) is 4.20. The molecule has 31 heavy (non-hydrogen) atoms. The molecule has 9 heteroatoms. The summed E-state index contributed by atoms with van der Waals surface area (Å²) in [4.78, 5) is 41.9. The molecule has 3 aromatic rings. The molecule has 0 aliphatic carbocycles. The van der Waals surface area contributed by atoms with Gasteiger partial charge in [0.15, 0.2) is 6.61 Å². The number of ether oxygens (including phenoxy) is 1. The molecule has 2 aromatic heterocycles. The lowest BCUT2D eigenvalue weighted by Crippen LogP contribution is -2.29. The minimum Gasteiger partial charge on any atom is -0.451 e. The number of nitrogens with zero attached hydrogens (tertiary/aromatic N) is 1. The highest BCUT2D eigenvalue weighted by Gasteiger charge is 2.19. The van der Waals surface area contributed by atoms with Gasteiger partial charge in [-0.1, -0.05) is 26.0 Å². The fourth-order valence-corrected chi connectivity index (χ4v) is 4.33. The van der Waals surface area contributed by atoms with Crippen molar-refractivity contribution in [2.24, 2.45) is 5.92 Å². The molecule has 0 spiro atoms. The number of rotatable bonds is 8. The van der Waals surface area contributed by atoms with E-state index in [2.05, 4.69) is 15.6 Å². The second-order valence-corrected chi connectivity index (χ2v) is 9.00. The second-order valence-electron chi connectivity index (χ2n) is 7.22. The number of esters is 1. The van der Waals surface area contributed by atoms with Gasteiger partial charge in [-0.2, -0.15) is 11.3 Å². The van der Waals surface area contributed by atoms with Gasteiger partial charge in [0, 0.05) is 17.5 Å². The highest BCUT2D eigenvalue weighted by atomic mass is 32.1. The maximum Gasteiger partial charge on any atom is 0.350 e. The first-order valence-corrected chi connectivity index (χ1v) is 11.4. The Labute approximate surface area is 188 Å². The summed E-state index contributed by atoms with van der Waals surface area (Å²) in [5.74, 6) is -1.10. The largest absolute Gasteiger partial charge is 0.451 e. The molecular formula is C22H23N3O4S2. The first kappa shape index (κ1) is 22.6. The molecule has 0 atom stereocenters. The molecule has 0 saturated carbocycles. The first-order chi connectivity index (χ1) is 14.8. The second kappa shape index (κ2) is 10.3. The number of benzene rings is 1. The molecule has 0 unspecified atom stereocenters. The van der Waals surface area contributed by atoms with Crippen LogP contribution in [0.1, 0.15) is 39.6 Å². The molecule has 0 saturated heterocycles. The number of hydrogen-bond acceptors (Lipinski definition) is 7. The fraction of sp³-hybridized carbons (Fsp3) is 0.273. The van der Waals surface area contributed by atoms with Crippen LogP contribution in [0.5, 0.6) is 0 Å². The highest BCUT2D eigenvalue weighted by molar-refractivity contribution is 7.17. The maximum atomic E-state index is 12.4. The van der Waals surface area contributed by atoms with Crippen molar-refractivity contribution < 1.29 is 19.1 Å². The number of carbonyl (C=O) groups excluding carboxylic acids is 3. The van der Waals surface area contributed by atoms with Gasteiger partial charge in [-0.05, 0) is 36.4 Å². The van der Waals surface area contributed by atoms with Crippen LogP contribution in [-0.4, -0.2) is 35.9 Å². The molecule has 0 radical (unpaired) electrons. The molecule has 7 nitrogen and oxygen atoms in total. The zero-order valence-corrected chi connectivity index (χ0v) is 19.1. The van der Waals surface area contributed by atoms with E-state index in [4.69, 9.17) is 4.74 Å².